The van der Waals surface area contributed by atoms with Crippen molar-refractivity contribution in [2.45, 2.75) is 53.4 Å². The Morgan fingerprint density at radius 1 is 0.971 bits per heavy atom. The fourth-order valence-electron chi connectivity index (χ4n) is 3.76. The lowest BCUT2D eigenvalue weighted by Gasteiger charge is -2.29. The van der Waals surface area contributed by atoms with Crippen LogP contribution >= 0.6 is 0 Å². The summed E-state index contributed by atoms with van der Waals surface area (Å²) in [4.78, 5) is 37.0. The van der Waals surface area contributed by atoms with Gasteiger partial charge in [0.25, 0.3) is 0 Å². The van der Waals surface area contributed by atoms with E-state index in [0.717, 1.165) is 25.9 Å². The van der Waals surface area contributed by atoms with Gasteiger partial charge < -0.3 is 24.3 Å². The van der Waals surface area contributed by atoms with Crippen LogP contribution in [0.1, 0.15) is 53.4 Å². The van der Waals surface area contributed by atoms with Gasteiger partial charge in [0, 0.05) is 41.7 Å². The Kier molecular flexibility index (Phi) is 14.3. The minimum atomic E-state index is -0.740. The predicted octanol–water partition coefficient (Wildman–Crippen LogP) is 3.31. The lowest BCUT2D eigenvalue weighted by molar-refractivity contribution is -0.123. The molecular formula is C26H41NO7. The standard InChI is InChI=1S/C26H41NO7/c1-20-18-22(28)24(21(2)25(20)30)26(3,4)19-23(29)27-10-13-33-15-17-34-16-14-32-12-9-7-6-8-11-31-5/h8,11,18H,6-7,9-10,12-17,19H2,1-5H3,(H,27,29)/b11-8+. The molecule has 0 fully saturated rings. The molecule has 0 saturated heterocycles. The maximum Gasteiger partial charge on any atom is 0.220 e. The first-order valence-corrected chi connectivity index (χ1v) is 11.9. The van der Waals surface area contributed by atoms with Gasteiger partial charge in [-0.3, -0.25) is 14.4 Å². The Morgan fingerprint density at radius 3 is 2.24 bits per heavy atom. The fourth-order valence-corrected chi connectivity index (χ4v) is 3.76. The summed E-state index contributed by atoms with van der Waals surface area (Å²) in [5, 5.41) is 2.80. The van der Waals surface area contributed by atoms with Crippen LogP contribution in [0.3, 0.4) is 0 Å². The van der Waals surface area contributed by atoms with Crippen molar-refractivity contribution in [3.8, 4) is 0 Å². The van der Waals surface area contributed by atoms with Crippen LogP contribution in [0.2, 0.25) is 0 Å². The Bertz CT molecular complexity index is 765. The highest BCUT2D eigenvalue weighted by atomic mass is 16.5. The van der Waals surface area contributed by atoms with Gasteiger partial charge in [0.1, 0.15) is 0 Å². The first kappa shape index (κ1) is 29.7. The molecule has 1 aliphatic carbocycles. The van der Waals surface area contributed by atoms with E-state index in [0.29, 0.717) is 56.3 Å². The number of nitrogens with one attached hydrogen (secondary N) is 1. The molecule has 0 radical (unpaired) electrons. The molecule has 0 aromatic heterocycles. The number of hydrogen-bond acceptors (Lipinski definition) is 7. The molecule has 0 spiro atoms. The highest BCUT2D eigenvalue weighted by Crippen LogP contribution is 2.36. The smallest absolute Gasteiger partial charge is 0.220 e. The number of rotatable bonds is 18. The average molecular weight is 480 g/mol. The van der Waals surface area contributed by atoms with E-state index in [1.807, 2.05) is 19.9 Å². The van der Waals surface area contributed by atoms with Gasteiger partial charge in [-0.15, -0.1) is 0 Å². The Morgan fingerprint density at radius 2 is 1.59 bits per heavy atom. The molecule has 0 saturated carbocycles. The summed E-state index contributed by atoms with van der Waals surface area (Å²) in [5.41, 5.74) is 0.528. The van der Waals surface area contributed by atoms with E-state index in [1.165, 1.54) is 6.08 Å². The zero-order valence-corrected chi connectivity index (χ0v) is 21.4. The van der Waals surface area contributed by atoms with Crippen LogP contribution in [0.4, 0.5) is 0 Å². The summed E-state index contributed by atoms with van der Waals surface area (Å²) in [6.07, 6.45) is 8.20. The van der Waals surface area contributed by atoms with Crippen LogP contribution in [0.15, 0.2) is 35.1 Å². The van der Waals surface area contributed by atoms with E-state index in [1.54, 1.807) is 27.2 Å². The molecular weight excluding hydrogens is 438 g/mol. The van der Waals surface area contributed by atoms with Crippen molar-refractivity contribution in [2.75, 3.05) is 53.3 Å². The number of ketones is 2. The zero-order valence-electron chi connectivity index (χ0n) is 21.4. The minimum Gasteiger partial charge on any atom is -0.505 e. The monoisotopic (exact) mass is 479 g/mol. The molecule has 1 aliphatic rings. The number of carbonyl (C=O) groups is 3. The average Bonchev–Trinajstić information content (AvgIpc) is 2.76. The number of unbranched alkanes of at least 4 members (excludes halogenated alkanes) is 2. The molecule has 34 heavy (non-hydrogen) atoms. The van der Waals surface area contributed by atoms with Crippen molar-refractivity contribution in [1.29, 1.82) is 0 Å². The molecule has 8 heteroatoms. The molecule has 0 unspecified atom stereocenters. The second-order valence-electron chi connectivity index (χ2n) is 8.87. The summed E-state index contributed by atoms with van der Waals surface area (Å²) >= 11 is 0. The van der Waals surface area contributed by atoms with Gasteiger partial charge in [0.05, 0.1) is 46.4 Å². The SMILES string of the molecule is CO/C=C/CCCCOCCOCCOCCNC(=O)CC(C)(C)C1=C(C)C(=O)C(C)=CC1=O. The maximum absolute atomic E-state index is 12.4. The molecule has 1 N–H and O–H groups in total. The molecule has 1 amide bonds. The molecule has 0 heterocycles. The third-order valence-electron chi connectivity index (χ3n) is 5.40. The molecule has 192 valence electrons. The van der Waals surface area contributed by atoms with Gasteiger partial charge in [-0.2, -0.15) is 0 Å². The van der Waals surface area contributed by atoms with Crippen LogP contribution in [-0.2, 0) is 33.3 Å². The number of allylic oxidation sites excluding steroid dienone is 5. The number of carbonyl (C=O) groups excluding carboxylic acids is 3. The molecule has 0 aromatic carbocycles. The minimum absolute atomic E-state index is 0.110. The molecule has 0 aromatic rings. The number of Topliss-reactive ketones (excluding diaryl/α,β-unsaturated/α-hetero) is 1. The third kappa shape index (κ3) is 11.2. The highest BCUT2D eigenvalue weighted by Gasteiger charge is 2.35. The van der Waals surface area contributed by atoms with Gasteiger partial charge in [-0.1, -0.05) is 13.8 Å². The van der Waals surface area contributed by atoms with Gasteiger partial charge in [-0.05, 0) is 45.3 Å². The van der Waals surface area contributed by atoms with E-state index in [4.69, 9.17) is 18.9 Å². The van der Waals surface area contributed by atoms with E-state index in [9.17, 15) is 14.4 Å². The van der Waals surface area contributed by atoms with Crippen LogP contribution in [0.25, 0.3) is 0 Å². The molecule has 0 atom stereocenters. The number of methoxy groups -OCH3 is 1. The first-order valence-electron chi connectivity index (χ1n) is 11.9. The van der Waals surface area contributed by atoms with Crippen LogP contribution in [0.5, 0.6) is 0 Å². The summed E-state index contributed by atoms with van der Waals surface area (Å²) in [6, 6.07) is 0. The number of amides is 1. The molecule has 8 nitrogen and oxygen atoms in total. The van der Waals surface area contributed by atoms with Gasteiger partial charge in [-0.25, -0.2) is 0 Å². The van der Waals surface area contributed by atoms with Crippen molar-refractivity contribution < 1.29 is 33.3 Å². The van der Waals surface area contributed by atoms with Gasteiger partial charge >= 0.3 is 0 Å². The predicted molar refractivity (Wildman–Crippen MR) is 130 cm³/mol. The maximum atomic E-state index is 12.4. The van der Waals surface area contributed by atoms with Gasteiger partial charge in [0.15, 0.2) is 11.6 Å². The first-order chi connectivity index (χ1) is 16.2. The van der Waals surface area contributed by atoms with Crippen molar-refractivity contribution in [3.63, 3.8) is 0 Å². The Balaban J connectivity index is 2.08. The summed E-state index contributed by atoms with van der Waals surface area (Å²) in [7, 11) is 1.64. The summed E-state index contributed by atoms with van der Waals surface area (Å²) in [6.45, 7) is 10.3. The largest absolute Gasteiger partial charge is 0.505 e. The van der Waals surface area contributed by atoms with E-state index < -0.39 is 5.41 Å². The third-order valence-corrected chi connectivity index (χ3v) is 5.40. The fraction of sp³-hybridized carbons (Fsp3) is 0.654. The number of ether oxygens (including phenoxy) is 4. The topological polar surface area (TPSA) is 100 Å². The second-order valence-corrected chi connectivity index (χ2v) is 8.87. The normalized spacial score (nSPS) is 14.7. The van der Waals surface area contributed by atoms with E-state index in [-0.39, 0.29) is 23.9 Å². The summed E-state index contributed by atoms with van der Waals surface area (Å²) < 4.78 is 21.3. The van der Waals surface area contributed by atoms with E-state index in [2.05, 4.69) is 5.32 Å². The number of hydrogen-bond donors (Lipinski definition) is 1. The van der Waals surface area contributed by atoms with Gasteiger partial charge in [0.2, 0.25) is 5.91 Å². The van der Waals surface area contributed by atoms with Crippen molar-refractivity contribution >= 4 is 17.5 Å². The van der Waals surface area contributed by atoms with Crippen molar-refractivity contribution in [2.24, 2.45) is 5.41 Å². The zero-order chi connectivity index (χ0) is 25.4. The molecule has 0 aliphatic heterocycles. The Labute approximate surface area is 203 Å². The highest BCUT2D eigenvalue weighted by molar-refractivity contribution is 6.22. The quantitative estimate of drug-likeness (QED) is 0.183. The van der Waals surface area contributed by atoms with Crippen molar-refractivity contribution in [3.05, 3.63) is 35.1 Å². The van der Waals surface area contributed by atoms with Crippen LogP contribution < -0.4 is 5.32 Å². The van der Waals surface area contributed by atoms with E-state index >= 15 is 0 Å². The van der Waals surface area contributed by atoms with Crippen LogP contribution in [-0.4, -0.2) is 70.8 Å². The Hall–Kier alpha value is -2.29. The second kappa shape index (κ2) is 16.4. The molecule has 1 rings (SSSR count). The molecule has 0 bridgehead atoms. The summed E-state index contributed by atoms with van der Waals surface area (Å²) in [5.74, 6) is -0.531. The lowest BCUT2D eigenvalue weighted by atomic mass is 9.73. The van der Waals surface area contributed by atoms with Crippen molar-refractivity contribution in [1.82, 2.24) is 5.32 Å². The van der Waals surface area contributed by atoms with Crippen LogP contribution in [0, 0.1) is 5.41 Å². The lowest BCUT2D eigenvalue weighted by Crippen LogP contribution is -2.35.